The standard InChI is InChI=1S/C13H17ClN2O3/c1-8(12(18)19-13(2,3)4)16-11(17)10-6-5-9(14)7-15-10/h5-8H,1-4H3,(H,16,17)/t8-/m1/s1. The molecule has 0 aliphatic heterocycles. The van der Waals surface area contributed by atoms with Crippen molar-refractivity contribution in [2.24, 2.45) is 0 Å². The molecule has 1 heterocycles. The number of hydrogen-bond donors (Lipinski definition) is 1. The highest BCUT2D eigenvalue weighted by molar-refractivity contribution is 6.30. The van der Waals surface area contributed by atoms with Gasteiger partial charge in [0.1, 0.15) is 17.3 Å². The Morgan fingerprint density at radius 2 is 2.00 bits per heavy atom. The minimum absolute atomic E-state index is 0.194. The molecule has 104 valence electrons. The van der Waals surface area contributed by atoms with Crippen LogP contribution in [0, 0.1) is 0 Å². The summed E-state index contributed by atoms with van der Waals surface area (Å²) in [5.41, 5.74) is -0.394. The number of nitrogens with one attached hydrogen (secondary N) is 1. The molecule has 0 saturated carbocycles. The van der Waals surface area contributed by atoms with Gasteiger partial charge in [0.25, 0.3) is 5.91 Å². The number of nitrogens with zero attached hydrogens (tertiary/aromatic N) is 1. The lowest BCUT2D eigenvalue weighted by atomic mass is 10.2. The molecule has 1 amide bonds. The number of aromatic nitrogens is 1. The number of carbonyl (C=O) groups is 2. The molecule has 1 aromatic rings. The first-order valence-corrected chi connectivity index (χ1v) is 6.22. The summed E-state index contributed by atoms with van der Waals surface area (Å²) in [5, 5.41) is 2.96. The van der Waals surface area contributed by atoms with Crippen LogP contribution < -0.4 is 5.32 Å². The third kappa shape index (κ3) is 5.26. The van der Waals surface area contributed by atoms with E-state index in [9.17, 15) is 9.59 Å². The number of halogens is 1. The first-order valence-electron chi connectivity index (χ1n) is 5.84. The van der Waals surface area contributed by atoms with Crippen molar-refractivity contribution in [3.63, 3.8) is 0 Å². The van der Waals surface area contributed by atoms with Crippen molar-refractivity contribution >= 4 is 23.5 Å². The van der Waals surface area contributed by atoms with E-state index in [0.717, 1.165) is 0 Å². The maximum Gasteiger partial charge on any atom is 0.328 e. The lowest BCUT2D eigenvalue weighted by Crippen LogP contribution is -2.42. The second-order valence-electron chi connectivity index (χ2n) is 5.09. The molecule has 0 spiro atoms. The van der Waals surface area contributed by atoms with E-state index in [1.54, 1.807) is 33.8 Å². The largest absolute Gasteiger partial charge is 0.458 e. The fourth-order valence-electron chi connectivity index (χ4n) is 1.23. The monoisotopic (exact) mass is 284 g/mol. The summed E-state index contributed by atoms with van der Waals surface area (Å²) in [4.78, 5) is 27.4. The third-order valence-electron chi connectivity index (χ3n) is 2.07. The Hall–Kier alpha value is -1.62. The van der Waals surface area contributed by atoms with Gasteiger partial charge in [-0.05, 0) is 39.8 Å². The van der Waals surface area contributed by atoms with Gasteiger partial charge in [-0.2, -0.15) is 0 Å². The zero-order valence-electron chi connectivity index (χ0n) is 11.4. The normalized spacial score (nSPS) is 12.7. The maximum atomic E-state index is 11.8. The van der Waals surface area contributed by atoms with Gasteiger partial charge in [0.2, 0.25) is 0 Å². The first-order chi connectivity index (χ1) is 8.69. The molecule has 0 unspecified atom stereocenters. The second-order valence-corrected chi connectivity index (χ2v) is 5.53. The number of amides is 1. The van der Waals surface area contributed by atoms with Crippen LogP contribution in [0.25, 0.3) is 0 Å². The van der Waals surface area contributed by atoms with Gasteiger partial charge in [-0.15, -0.1) is 0 Å². The van der Waals surface area contributed by atoms with E-state index in [4.69, 9.17) is 16.3 Å². The van der Waals surface area contributed by atoms with Crippen LogP contribution in [0.3, 0.4) is 0 Å². The zero-order valence-corrected chi connectivity index (χ0v) is 12.1. The summed E-state index contributed by atoms with van der Waals surface area (Å²) < 4.78 is 5.16. The maximum absolute atomic E-state index is 11.8. The van der Waals surface area contributed by atoms with E-state index < -0.39 is 23.5 Å². The van der Waals surface area contributed by atoms with Crippen molar-refractivity contribution in [3.8, 4) is 0 Å². The Kier molecular flexibility index (Phi) is 4.89. The Morgan fingerprint density at radius 1 is 1.37 bits per heavy atom. The Labute approximate surface area is 117 Å². The van der Waals surface area contributed by atoms with Gasteiger partial charge < -0.3 is 10.1 Å². The molecule has 1 N–H and O–H groups in total. The SMILES string of the molecule is C[C@@H](NC(=O)c1ccc(Cl)cn1)C(=O)OC(C)(C)C. The van der Waals surface area contributed by atoms with Gasteiger partial charge in [-0.25, -0.2) is 9.78 Å². The summed E-state index contributed by atoms with van der Waals surface area (Å²) in [6.07, 6.45) is 1.37. The molecule has 0 fully saturated rings. The number of esters is 1. The van der Waals surface area contributed by atoms with Gasteiger partial charge in [-0.1, -0.05) is 11.6 Å². The first kappa shape index (κ1) is 15.4. The molecule has 5 nitrogen and oxygen atoms in total. The lowest BCUT2D eigenvalue weighted by Gasteiger charge is -2.22. The molecule has 0 bridgehead atoms. The summed E-state index contributed by atoms with van der Waals surface area (Å²) in [5.74, 6) is -0.940. The Balaban J connectivity index is 2.61. The summed E-state index contributed by atoms with van der Waals surface area (Å²) in [6, 6.07) is 2.30. The van der Waals surface area contributed by atoms with Crippen molar-refractivity contribution < 1.29 is 14.3 Å². The summed E-state index contributed by atoms with van der Waals surface area (Å²) in [7, 11) is 0. The van der Waals surface area contributed by atoms with Crippen molar-refractivity contribution in [1.82, 2.24) is 10.3 Å². The Bertz CT molecular complexity index is 466. The lowest BCUT2D eigenvalue weighted by molar-refractivity contribution is -0.156. The molecule has 0 radical (unpaired) electrons. The molecule has 0 aliphatic carbocycles. The van der Waals surface area contributed by atoms with E-state index >= 15 is 0 Å². The van der Waals surface area contributed by atoms with E-state index in [-0.39, 0.29) is 5.69 Å². The highest BCUT2D eigenvalue weighted by Gasteiger charge is 2.23. The van der Waals surface area contributed by atoms with Crippen LogP contribution in [-0.4, -0.2) is 28.5 Å². The number of pyridine rings is 1. The van der Waals surface area contributed by atoms with E-state index in [0.29, 0.717) is 5.02 Å². The van der Waals surface area contributed by atoms with Crippen LogP contribution in [0.4, 0.5) is 0 Å². The summed E-state index contributed by atoms with van der Waals surface area (Å²) in [6.45, 7) is 6.85. The molecule has 1 rings (SSSR count). The smallest absolute Gasteiger partial charge is 0.328 e. The van der Waals surface area contributed by atoms with Crippen LogP contribution in [-0.2, 0) is 9.53 Å². The minimum atomic E-state index is -0.746. The number of hydrogen-bond acceptors (Lipinski definition) is 4. The average molecular weight is 285 g/mol. The number of carbonyl (C=O) groups excluding carboxylic acids is 2. The number of rotatable bonds is 3. The van der Waals surface area contributed by atoms with Crippen molar-refractivity contribution in [2.75, 3.05) is 0 Å². The van der Waals surface area contributed by atoms with E-state index in [1.165, 1.54) is 12.3 Å². The fourth-order valence-corrected chi connectivity index (χ4v) is 1.34. The average Bonchev–Trinajstić information content (AvgIpc) is 2.27. The summed E-state index contributed by atoms with van der Waals surface area (Å²) >= 11 is 5.68. The fraction of sp³-hybridized carbons (Fsp3) is 0.462. The molecule has 1 aromatic heterocycles. The predicted molar refractivity (Wildman–Crippen MR) is 72.0 cm³/mol. The molecule has 0 saturated heterocycles. The highest BCUT2D eigenvalue weighted by Crippen LogP contribution is 2.09. The molecule has 6 heteroatoms. The van der Waals surface area contributed by atoms with Crippen LogP contribution in [0.1, 0.15) is 38.2 Å². The van der Waals surface area contributed by atoms with Crippen LogP contribution >= 0.6 is 11.6 Å². The second kappa shape index (κ2) is 6.02. The van der Waals surface area contributed by atoms with Crippen molar-refractivity contribution in [1.29, 1.82) is 0 Å². The highest BCUT2D eigenvalue weighted by atomic mass is 35.5. The molecule has 19 heavy (non-hydrogen) atoms. The molecular formula is C13H17ClN2O3. The van der Waals surface area contributed by atoms with Crippen LogP contribution in [0.2, 0.25) is 5.02 Å². The van der Waals surface area contributed by atoms with Crippen LogP contribution in [0.15, 0.2) is 18.3 Å². The molecule has 0 aliphatic rings. The minimum Gasteiger partial charge on any atom is -0.458 e. The van der Waals surface area contributed by atoms with E-state index in [2.05, 4.69) is 10.3 Å². The van der Waals surface area contributed by atoms with Gasteiger partial charge in [-0.3, -0.25) is 4.79 Å². The predicted octanol–water partition coefficient (Wildman–Crippen LogP) is 2.20. The van der Waals surface area contributed by atoms with Gasteiger partial charge in [0.05, 0.1) is 5.02 Å². The zero-order chi connectivity index (χ0) is 14.6. The Morgan fingerprint density at radius 3 is 2.47 bits per heavy atom. The van der Waals surface area contributed by atoms with Gasteiger partial charge in [0.15, 0.2) is 0 Å². The molecule has 0 aromatic carbocycles. The van der Waals surface area contributed by atoms with Gasteiger partial charge >= 0.3 is 5.97 Å². The quantitative estimate of drug-likeness (QED) is 0.864. The van der Waals surface area contributed by atoms with Crippen molar-refractivity contribution in [2.45, 2.75) is 39.3 Å². The number of ether oxygens (including phenoxy) is 1. The van der Waals surface area contributed by atoms with Gasteiger partial charge in [0, 0.05) is 6.20 Å². The molecular weight excluding hydrogens is 268 g/mol. The topological polar surface area (TPSA) is 68.3 Å². The van der Waals surface area contributed by atoms with Crippen LogP contribution in [0.5, 0.6) is 0 Å². The van der Waals surface area contributed by atoms with Crippen molar-refractivity contribution in [3.05, 3.63) is 29.0 Å². The van der Waals surface area contributed by atoms with E-state index in [1.807, 2.05) is 0 Å². The third-order valence-corrected chi connectivity index (χ3v) is 2.29. The molecule has 1 atom stereocenters.